The number of fused-ring (bicyclic) bond motifs is 1. The molecular formula is C13H17N4NaO7S2. The summed E-state index contributed by atoms with van der Waals surface area (Å²) in [6.07, 6.45) is 0.243. The van der Waals surface area contributed by atoms with Gasteiger partial charge in [-0.25, -0.2) is 22.7 Å². The molecule has 2 fully saturated rings. The van der Waals surface area contributed by atoms with Crippen LogP contribution in [0.15, 0.2) is 29.2 Å². The third kappa shape index (κ3) is 4.29. The van der Waals surface area contributed by atoms with Gasteiger partial charge in [-0.15, -0.1) is 0 Å². The first-order valence-corrected chi connectivity index (χ1v) is 10.4. The number of nitrogens with two attached hydrogens (primary N) is 1. The van der Waals surface area contributed by atoms with Crippen LogP contribution in [0.3, 0.4) is 0 Å². The molecular weight excluding hydrogens is 411 g/mol. The molecule has 0 radical (unpaired) electrons. The number of amides is 3. The molecule has 0 bridgehead atoms. The average molecular weight is 428 g/mol. The number of sulfonamides is 1. The molecule has 3 rings (SSSR count). The number of rotatable bonds is 4. The summed E-state index contributed by atoms with van der Waals surface area (Å²) in [5.41, 5.74) is 0.612. The van der Waals surface area contributed by atoms with Crippen molar-refractivity contribution in [3.8, 4) is 0 Å². The van der Waals surface area contributed by atoms with E-state index in [0.29, 0.717) is 9.87 Å². The van der Waals surface area contributed by atoms with Crippen molar-refractivity contribution < 1.29 is 31.0 Å². The number of likely N-dealkylation sites (tertiary alicyclic amines) is 1. The second-order valence-electron chi connectivity index (χ2n) is 5.95. The van der Waals surface area contributed by atoms with Crippen molar-refractivity contribution in [2.75, 3.05) is 6.54 Å². The van der Waals surface area contributed by atoms with Crippen molar-refractivity contribution in [3.05, 3.63) is 29.8 Å². The first-order valence-electron chi connectivity index (χ1n) is 7.47. The van der Waals surface area contributed by atoms with E-state index in [1.165, 1.54) is 29.2 Å². The number of β-lactam (4-membered cyclic amide) rings is 1. The minimum atomic E-state index is -4.62. The predicted octanol–water partition coefficient (Wildman–Crippen LogP) is -2.02. The molecule has 2 saturated heterocycles. The Hall–Kier alpha value is -1.22. The van der Waals surface area contributed by atoms with Crippen LogP contribution in [0.2, 0.25) is 0 Å². The van der Waals surface area contributed by atoms with Crippen LogP contribution in [-0.2, 0) is 31.7 Å². The van der Waals surface area contributed by atoms with Crippen molar-refractivity contribution in [1.82, 2.24) is 14.5 Å². The zero-order valence-electron chi connectivity index (χ0n) is 13.3. The van der Waals surface area contributed by atoms with Crippen LogP contribution < -0.4 is 10.5 Å². The first-order chi connectivity index (χ1) is 12.0. The van der Waals surface area contributed by atoms with Crippen molar-refractivity contribution in [1.29, 1.82) is 0 Å². The van der Waals surface area contributed by atoms with Crippen molar-refractivity contribution in [2.24, 2.45) is 5.14 Å². The van der Waals surface area contributed by atoms with E-state index in [1.54, 1.807) is 0 Å². The Balaban J connectivity index is 0.00000261. The van der Waals surface area contributed by atoms with Crippen LogP contribution in [0.5, 0.6) is 0 Å². The van der Waals surface area contributed by atoms with Crippen molar-refractivity contribution in [2.45, 2.75) is 29.9 Å². The Bertz CT molecular complexity index is 965. The topological polar surface area (TPSA) is 167 Å². The van der Waals surface area contributed by atoms with E-state index < -0.39 is 44.3 Å². The van der Waals surface area contributed by atoms with Gasteiger partial charge in [0.1, 0.15) is 6.04 Å². The number of nitrogens with one attached hydrogen (secondary N) is 1. The summed E-state index contributed by atoms with van der Waals surface area (Å²) in [5, 5.41) is 7.58. The zero-order valence-corrected chi connectivity index (χ0v) is 14.9. The van der Waals surface area contributed by atoms with Gasteiger partial charge in [-0.05, 0) is 24.1 Å². The molecule has 27 heavy (non-hydrogen) atoms. The molecule has 1 aromatic rings. The number of urea groups is 1. The number of primary sulfonamides is 1. The minimum absolute atomic E-state index is 0. The summed E-state index contributed by atoms with van der Waals surface area (Å²) in [6.45, 7) is 0.247. The average Bonchev–Trinajstić information content (AvgIpc) is 2.89. The molecule has 0 saturated carbocycles. The maximum absolute atomic E-state index is 12.3. The molecule has 4 N–H and O–H groups in total. The van der Waals surface area contributed by atoms with E-state index in [-0.39, 0.29) is 54.0 Å². The van der Waals surface area contributed by atoms with Gasteiger partial charge >= 0.3 is 45.9 Å². The molecule has 0 spiro atoms. The molecule has 2 atom stereocenters. The molecule has 144 valence electrons. The molecule has 2 aliphatic rings. The van der Waals surface area contributed by atoms with Crippen LogP contribution >= 0.6 is 0 Å². The Labute approximate surface area is 178 Å². The van der Waals surface area contributed by atoms with Crippen LogP contribution in [0.4, 0.5) is 4.79 Å². The number of nitrogens with zero attached hydrogens (tertiary/aromatic N) is 2. The van der Waals surface area contributed by atoms with Gasteiger partial charge in [-0.3, -0.25) is 9.35 Å². The summed E-state index contributed by atoms with van der Waals surface area (Å²) in [5.74, 6) is -0.845. The van der Waals surface area contributed by atoms with Gasteiger partial charge in [0.25, 0.3) is 5.91 Å². The molecule has 0 aliphatic carbocycles. The molecule has 0 unspecified atom stereocenters. The van der Waals surface area contributed by atoms with Crippen LogP contribution in [0.1, 0.15) is 12.0 Å². The molecule has 2 aliphatic heterocycles. The summed E-state index contributed by atoms with van der Waals surface area (Å²) < 4.78 is 54.1. The normalized spacial score (nSPS) is 21.9. The fraction of sp³-hybridized carbons (Fsp3) is 0.385. The molecule has 14 heteroatoms. The van der Waals surface area contributed by atoms with E-state index in [9.17, 15) is 26.4 Å². The number of hydrogen-bond donors (Lipinski definition) is 3. The van der Waals surface area contributed by atoms with E-state index in [2.05, 4.69) is 5.32 Å². The maximum atomic E-state index is 12.3. The fourth-order valence-corrected chi connectivity index (χ4v) is 4.53. The summed E-state index contributed by atoms with van der Waals surface area (Å²) in [6, 6.07) is 3.36. The van der Waals surface area contributed by atoms with Gasteiger partial charge in [-0.2, -0.15) is 8.42 Å². The molecule has 11 nitrogen and oxygen atoms in total. The summed E-state index contributed by atoms with van der Waals surface area (Å²) >= 11 is 0. The third-order valence-electron chi connectivity index (χ3n) is 4.34. The molecule has 3 amide bonds. The third-order valence-corrected chi connectivity index (χ3v) is 6.22. The monoisotopic (exact) mass is 428 g/mol. The zero-order chi connectivity index (χ0) is 19.3. The molecule has 0 aromatic heterocycles. The van der Waals surface area contributed by atoms with E-state index in [0.717, 1.165) is 0 Å². The number of hydrogen-bond acceptors (Lipinski definition) is 6. The number of benzene rings is 1. The van der Waals surface area contributed by atoms with Gasteiger partial charge in [0, 0.05) is 13.1 Å². The van der Waals surface area contributed by atoms with E-state index >= 15 is 0 Å². The quantitative estimate of drug-likeness (QED) is 0.283. The molecule has 2 heterocycles. The van der Waals surface area contributed by atoms with Gasteiger partial charge in [0.2, 0.25) is 10.0 Å². The standard InChI is InChI=1S/C13H16N4O7S2.Na.H/c14-25(20,21)9-3-1-8(2-4-9)7-15-13(19)16-6-5-10-11(16)12(18)17(10)26(22,23)24;;/h1-4,10-11H,5-7H2,(H,15,19)(H2,14,20,21)(H,22,23,24);;/t10-,11+;;/m1../s1. The predicted molar refractivity (Wildman–Crippen MR) is 94.5 cm³/mol. The van der Waals surface area contributed by atoms with Crippen LogP contribution in [0.25, 0.3) is 0 Å². The Morgan fingerprint density at radius 3 is 2.33 bits per heavy atom. The SMILES string of the molecule is NS(=O)(=O)c1ccc(CNC(=O)N2CC[C@@H]3[C@H]2C(=O)N3S(=O)(=O)O)cc1.[NaH]. The van der Waals surface area contributed by atoms with Crippen LogP contribution in [0, 0.1) is 0 Å². The summed E-state index contributed by atoms with van der Waals surface area (Å²) in [7, 11) is -8.42. The summed E-state index contributed by atoms with van der Waals surface area (Å²) in [4.78, 5) is 25.3. The fourth-order valence-electron chi connectivity index (χ4n) is 3.12. The number of carbonyl (C=O) groups is 2. The van der Waals surface area contributed by atoms with E-state index in [4.69, 9.17) is 9.69 Å². The van der Waals surface area contributed by atoms with Crippen molar-refractivity contribution in [3.63, 3.8) is 0 Å². The van der Waals surface area contributed by atoms with Crippen molar-refractivity contribution >= 4 is 61.8 Å². The first kappa shape index (κ1) is 22.1. The Kier molecular flexibility index (Phi) is 6.26. The second kappa shape index (κ2) is 7.66. The Morgan fingerprint density at radius 2 is 1.81 bits per heavy atom. The molecule has 1 aromatic carbocycles. The second-order valence-corrected chi connectivity index (χ2v) is 8.80. The van der Waals surface area contributed by atoms with Gasteiger partial charge < -0.3 is 10.2 Å². The number of carbonyl (C=O) groups excluding carboxylic acids is 2. The van der Waals surface area contributed by atoms with Crippen LogP contribution in [-0.4, -0.2) is 90.7 Å². The van der Waals surface area contributed by atoms with Gasteiger partial charge in [0.05, 0.1) is 10.9 Å². The van der Waals surface area contributed by atoms with Gasteiger partial charge in [-0.1, -0.05) is 12.1 Å². The van der Waals surface area contributed by atoms with E-state index in [1.807, 2.05) is 0 Å². The van der Waals surface area contributed by atoms with Gasteiger partial charge in [0.15, 0.2) is 0 Å². The Morgan fingerprint density at radius 1 is 1.22 bits per heavy atom.